The van der Waals surface area contributed by atoms with Crippen LogP contribution in [0.5, 0.6) is 0 Å². The minimum atomic E-state index is -1.59. The lowest BCUT2D eigenvalue weighted by Gasteiger charge is -2.19. The van der Waals surface area contributed by atoms with Crippen LogP contribution in [0.4, 0.5) is 5.95 Å². The number of aryl methyl sites for hydroxylation is 1. The van der Waals surface area contributed by atoms with E-state index in [1.165, 1.54) is 6.33 Å². The molecule has 4 aromatic rings. The second-order valence-electron chi connectivity index (χ2n) is 6.14. The molecule has 0 aliphatic rings. The van der Waals surface area contributed by atoms with Crippen LogP contribution < -0.4 is 5.73 Å². The van der Waals surface area contributed by atoms with Crippen LogP contribution in [-0.4, -0.2) is 40.0 Å². The van der Waals surface area contributed by atoms with Crippen molar-refractivity contribution >= 4 is 16.9 Å². The van der Waals surface area contributed by atoms with E-state index in [1.54, 1.807) is 16.9 Å². The van der Waals surface area contributed by atoms with Gasteiger partial charge in [0.1, 0.15) is 6.33 Å². The third-order valence-electron chi connectivity index (χ3n) is 4.31. The number of H-pyrrole nitrogens is 1. The van der Waals surface area contributed by atoms with Gasteiger partial charge in [0.2, 0.25) is 5.95 Å². The first-order valence-corrected chi connectivity index (χ1v) is 8.13. The highest BCUT2D eigenvalue weighted by Crippen LogP contribution is 2.27. The number of hydrogen-bond acceptors (Lipinski definition) is 7. The quantitative estimate of drug-likeness (QED) is 0.460. The Morgan fingerprint density at radius 3 is 2.89 bits per heavy atom. The SMILES string of the molecule is C#CC(O)(Cc1ccc2c(C)nn(-c3ccnc(N)n3)c2c1)c1ncn[nH]1. The molecule has 4 rings (SSSR count). The number of nitrogens with zero attached hydrogens (tertiary/aromatic N) is 6. The third-order valence-corrected chi connectivity index (χ3v) is 4.31. The van der Waals surface area contributed by atoms with E-state index < -0.39 is 5.60 Å². The number of benzene rings is 1. The Hall–Kier alpha value is -3.77. The molecule has 27 heavy (non-hydrogen) atoms. The Balaban J connectivity index is 1.80. The Bertz CT molecular complexity index is 1160. The van der Waals surface area contributed by atoms with Gasteiger partial charge >= 0.3 is 0 Å². The van der Waals surface area contributed by atoms with Gasteiger partial charge in [0, 0.05) is 24.1 Å². The van der Waals surface area contributed by atoms with Crippen LogP contribution in [0.1, 0.15) is 17.1 Å². The minimum absolute atomic E-state index is 0.158. The van der Waals surface area contributed by atoms with E-state index in [-0.39, 0.29) is 18.2 Å². The van der Waals surface area contributed by atoms with E-state index in [0.29, 0.717) is 5.82 Å². The summed E-state index contributed by atoms with van der Waals surface area (Å²) in [5.74, 6) is 3.34. The van der Waals surface area contributed by atoms with Crippen LogP contribution >= 0.6 is 0 Å². The van der Waals surface area contributed by atoms with Gasteiger partial charge in [-0.25, -0.2) is 14.6 Å². The number of rotatable bonds is 4. The monoisotopic (exact) mass is 360 g/mol. The van der Waals surface area contributed by atoms with Gasteiger partial charge in [-0.05, 0) is 18.6 Å². The van der Waals surface area contributed by atoms with Gasteiger partial charge in [0.05, 0.1) is 11.2 Å². The number of nitrogens with one attached hydrogen (secondary N) is 1. The van der Waals surface area contributed by atoms with Crippen LogP contribution in [0.25, 0.3) is 16.7 Å². The number of fused-ring (bicyclic) bond motifs is 1. The van der Waals surface area contributed by atoms with Gasteiger partial charge in [0.15, 0.2) is 17.2 Å². The summed E-state index contributed by atoms with van der Waals surface area (Å²) in [7, 11) is 0. The molecule has 0 amide bonds. The first-order chi connectivity index (χ1) is 13.0. The molecule has 0 saturated heterocycles. The Morgan fingerprint density at radius 1 is 1.33 bits per heavy atom. The second-order valence-corrected chi connectivity index (χ2v) is 6.14. The molecule has 134 valence electrons. The maximum atomic E-state index is 10.8. The van der Waals surface area contributed by atoms with Gasteiger partial charge < -0.3 is 10.8 Å². The van der Waals surface area contributed by atoms with Crippen molar-refractivity contribution in [1.29, 1.82) is 0 Å². The Kier molecular flexibility index (Phi) is 3.83. The lowest BCUT2D eigenvalue weighted by Crippen LogP contribution is -2.28. The fraction of sp³-hybridized carbons (Fsp3) is 0.167. The molecule has 1 aromatic carbocycles. The van der Waals surface area contributed by atoms with Gasteiger partial charge in [0.25, 0.3) is 0 Å². The van der Waals surface area contributed by atoms with E-state index in [4.69, 9.17) is 12.2 Å². The number of hydrogen-bond donors (Lipinski definition) is 3. The van der Waals surface area contributed by atoms with Crippen molar-refractivity contribution in [3.8, 4) is 18.2 Å². The minimum Gasteiger partial charge on any atom is -0.370 e. The first-order valence-electron chi connectivity index (χ1n) is 8.13. The zero-order valence-corrected chi connectivity index (χ0v) is 14.5. The molecule has 9 nitrogen and oxygen atoms in total. The zero-order chi connectivity index (χ0) is 19.0. The number of aromatic amines is 1. The molecule has 0 saturated carbocycles. The summed E-state index contributed by atoms with van der Waals surface area (Å²) in [5, 5.41) is 22.7. The topological polar surface area (TPSA) is 131 Å². The van der Waals surface area contributed by atoms with Crippen molar-refractivity contribution in [1.82, 2.24) is 34.9 Å². The standard InChI is InChI=1S/C18H16N8O/c1-3-18(27,16-21-10-22-24-16)9-12-4-5-13-11(2)25-26(14(13)8-12)15-6-7-20-17(19)23-15/h1,4-8,10,27H,9H2,2H3,(H2,19,20,23)(H,21,22,24). The fourth-order valence-corrected chi connectivity index (χ4v) is 2.99. The summed E-state index contributed by atoms with van der Waals surface area (Å²) in [6, 6.07) is 7.47. The van der Waals surface area contributed by atoms with Crippen molar-refractivity contribution in [2.45, 2.75) is 18.9 Å². The summed E-state index contributed by atoms with van der Waals surface area (Å²) in [6.45, 7) is 1.91. The van der Waals surface area contributed by atoms with E-state index in [0.717, 1.165) is 22.2 Å². The van der Waals surface area contributed by atoms with Crippen molar-refractivity contribution in [3.63, 3.8) is 0 Å². The molecular weight excluding hydrogens is 344 g/mol. The largest absolute Gasteiger partial charge is 0.370 e. The highest BCUT2D eigenvalue weighted by atomic mass is 16.3. The lowest BCUT2D eigenvalue weighted by molar-refractivity contribution is 0.0914. The predicted molar refractivity (Wildman–Crippen MR) is 98.6 cm³/mol. The molecule has 0 fully saturated rings. The number of anilines is 1. The maximum absolute atomic E-state index is 10.8. The second kappa shape index (κ2) is 6.19. The van der Waals surface area contributed by atoms with Crippen LogP contribution in [-0.2, 0) is 12.0 Å². The molecular formula is C18H16N8O. The number of nitrogens with two attached hydrogens (primary N) is 1. The van der Waals surface area contributed by atoms with Crippen LogP contribution in [0.3, 0.4) is 0 Å². The average molecular weight is 360 g/mol. The smallest absolute Gasteiger partial charge is 0.221 e. The number of aromatic nitrogens is 7. The number of nitrogen functional groups attached to an aromatic ring is 1. The molecule has 0 bridgehead atoms. The summed E-state index contributed by atoms with van der Waals surface area (Å²) in [4.78, 5) is 12.1. The average Bonchev–Trinajstić information content (AvgIpc) is 3.31. The molecule has 9 heteroatoms. The van der Waals surface area contributed by atoms with Gasteiger partial charge in [-0.1, -0.05) is 18.1 Å². The fourth-order valence-electron chi connectivity index (χ4n) is 2.99. The third kappa shape index (κ3) is 2.88. The Morgan fingerprint density at radius 2 is 2.19 bits per heavy atom. The molecule has 3 aromatic heterocycles. The number of aliphatic hydroxyl groups is 1. The molecule has 3 heterocycles. The summed E-state index contributed by atoms with van der Waals surface area (Å²) < 4.78 is 1.69. The van der Waals surface area contributed by atoms with Crippen LogP contribution in [0.15, 0.2) is 36.8 Å². The van der Waals surface area contributed by atoms with Gasteiger partial charge in [-0.2, -0.15) is 15.2 Å². The van der Waals surface area contributed by atoms with Crippen molar-refractivity contribution in [2.75, 3.05) is 5.73 Å². The molecule has 1 atom stereocenters. The van der Waals surface area contributed by atoms with E-state index in [2.05, 4.69) is 36.2 Å². The van der Waals surface area contributed by atoms with Crippen molar-refractivity contribution in [3.05, 3.63) is 53.9 Å². The van der Waals surface area contributed by atoms with Crippen LogP contribution in [0.2, 0.25) is 0 Å². The van der Waals surface area contributed by atoms with Gasteiger partial charge in [-0.3, -0.25) is 5.10 Å². The maximum Gasteiger partial charge on any atom is 0.221 e. The highest BCUT2D eigenvalue weighted by molar-refractivity contribution is 5.83. The van der Waals surface area contributed by atoms with Crippen molar-refractivity contribution in [2.24, 2.45) is 0 Å². The summed E-state index contributed by atoms with van der Waals surface area (Å²) in [5.41, 5.74) is 6.57. The zero-order valence-electron chi connectivity index (χ0n) is 14.5. The van der Waals surface area contributed by atoms with Gasteiger partial charge in [-0.15, -0.1) is 6.42 Å². The Labute approximate surface area is 154 Å². The first kappa shape index (κ1) is 16.7. The van der Waals surface area contributed by atoms with E-state index >= 15 is 0 Å². The molecule has 4 N–H and O–H groups in total. The van der Waals surface area contributed by atoms with Crippen molar-refractivity contribution < 1.29 is 5.11 Å². The lowest BCUT2D eigenvalue weighted by atomic mass is 9.94. The van der Waals surface area contributed by atoms with E-state index in [1.807, 2.05) is 25.1 Å². The predicted octanol–water partition coefficient (Wildman–Crippen LogP) is 0.888. The highest BCUT2D eigenvalue weighted by Gasteiger charge is 2.30. The molecule has 0 spiro atoms. The number of terminal acetylenes is 1. The normalized spacial score (nSPS) is 13.4. The van der Waals surface area contributed by atoms with E-state index in [9.17, 15) is 5.11 Å². The molecule has 1 unspecified atom stereocenters. The van der Waals surface area contributed by atoms with Crippen LogP contribution in [0, 0.1) is 19.3 Å². The summed E-state index contributed by atoms with van der Waals surface area (Å²) >= 11 is 0. The molecule has 0 aliphatic heterocycles. The molecule has 0 aliphatic carbocycles. The summed E-state index contributed by atoms with van der Waals surface area (Å²) in [6.07, 6.45) is 8.60. The molecule has 0 radical (unpaired) electrons.